The van der Waals surface area contributed by atoms with E-state index in [0.717, 1.165) is 18.4 Å². The highest BCUT2D eigenvalue weighted by atomic mass is 19.1. The molecule has 18 heavy (non-hydrogen) atoms. The summed E-state index contributed by atoms with van der Waals surface area (Å²) in [5.74, 6) is -0.776. The van der Waals surface area contributed by atoms with Crippen LogP contribution in [0.5, 0.6) is 5.75 Å². The molecule has 98 valence electrons. The quantitative estimate of drug-likeness (QED) is 0.899. The average Bonchev–Trinajstić information content (AvgIpc) is 2.26. The summed E-state index contributed by atoms with van der Waals surface area (Å²) in [6.45, 7) is 4.03. The Hall–Kier alpha value is -1.58. The van der Waals surface area contributed by atoms with Gasteiger partial charge in [0, 0.05) is 11.0 Å². The molecule has 0 unspecified atom stereocenters. The summed E-state index contributed by atoms with van der Waals surface area (Å²) in [4.78, 5) is 10.9. The smallest absolute Gasteiger partial charge is 0.304 e. The Morgan fingerprint density at radius 3 is 2.89 bits per heavy atom. The number of hydrogen-bond acceptors (Lipinski definition) is 2. The first-order valence-corrected chi connectivity index (χ1v) is 6.08. The first-order chi connectivity index (χ1) is 8.42. The molecule has 0 saturated carbocycles. The van der Waals surface area contributed by atoms with Crippen LogP contribution in [0.25, 0.3) is 0 Å². The zero-order chi connectivity index (χ0) is 13.3. The van der Waals surface area contributed by atoms with E-state index in [0.29, 0.717) is 17.9 Å². The number of hydrogen-bond donors (Lipinski definition) is 1. The largest absolute Gasteiger partial charge is 0.493 e. The fourth-order valence-corrected chi connectivity index (χ4v) is 2.50. The molecular weight excluding hydrogens is 235 g/mol. The van der Waals surface area contributed by atoms with Crippen molar-refractivity contribution in [3.05, 3.63) is 29.1 Å². The Kier molecular flexibility index (Phi) is 3.28. The van der Waals surface area contributed by atoms with Crippen LogP contribution in [0.3, 0.4) is 0 Å². The van der Waals surface area contributed by atoms with Crippen molar-refractivity contribution in [3.63, 3.8) is 0 Å². The molecule has 1 aliphatic rings. The van der Waals surface area contributed by atoms with Crippen molar-refractivity contribution in [2.24, 2.45) is 0 Å². The van der Waals surface area contributed by atoms with Gasteiger partial charge in [0.25, 0.3) is 0 Å². The van der Waals surface area contributed by atoms with Crippen LogP contribution in [-0.4, -0.2) is 17.7 Å². The van der Waals surface area contributed by atoms with E-state index in [4.69, 9.17) is 9.84 Å². The van der Waals surface area contributed by atoms with Gasteiger partial charge in [0.2, 0.25) is 0 Å². The topological polar surface area (TPSA) is 46.5 Å². The second-order valence-corrected chi connectivity index (χ2v) is 5.32. The van der Waals surface area contributed by atoms with Gasteiger partial charge in [-0.15, -0.1) is 0 Å². The molecule has 3 nitrogen and oxygen atoms in total. The molecule has 0 spiro atoms. The van der Waals surface area contributed by atoms with Crippen LogP contribution in [0.15, 0.2) is 12.1 Å². The third-order valence-electron chi connectivity index (χ3n) is 3.30. The van der Waals surface area contributed by atoms with Gasteiger partial charge in [-0.1, -0.05) is 19.9 Å². The van der Waals surface area contributed by atoms with Gasteiger partial charge in [0.1, 0.15) is 11.6 Å². The lowest BCUT2D eigenvalue weighted by Gasteiger charge is -2.29. The van der Waals surface area contributed by atoms with E-state index in [2.05, 4.69) is 0 Å². The fourth-order valence-electron chi connectivity index (χ4n) is 2.50. The van der Waals surface area contributed by atoms with E-state index in [9.17, 15) is 9.18 Å². The summed E-state index contributed by atoms with van der Waals surface area (Å²) in [7, 11) is 0. The lowest BCUT2D eigenvalue weighted by molar-refractivity contribution is -0.138. The molecule has 0 radical (unpaired) electrons. The summed E-state index contributed by atoms with van der Waals surface area (Å²) >= 11 is 0. The number of aliphatic carboxylic acids is 1. The molecule has 0 aliphatic carbocycles. The standard InChI is InChI=1S/C14H17FO3/c1-14(2,8-11(16)17)12-10(15)6-5-9-4-3-7-18-13(9)12/h5-6H,3-4,7-8H2,1-2H3,(H,16,17). The van der Waals surface area contributed by atoms with Crippen LogP contribution in [0, 0.1) is 5.82 Å². The third kappa shape index (κ3) is 2.33. The molecule has 0 aromatic heterocycles. The number of benzene rings is 1. The van der Waals surface area contributed by atoms with Crippen LogP contribution in [0.4, 0.5) is 4.39 Å². The number of rotatable bonds is 3. The molecule has 2 rings (SSSR count). The molecule has 1 aromatic carbocycles. The number of carboxylic acids is 1. The SMILES string of the molecule is CC(C)(CC(=O)O)c1c(F)ccc2c1OCCC2. The van der Waals surface area contributed by atoms with Crippen molar-refractivity contribution in [1.82, 2.24) is 0 Å². The van der Waals surface area contributed by atoms with Gasteiger partial charge in [-0.25, -0.2) is 4.39 Å². The summed E-state index contributed by atoms with van der Waals surface area (Å²) in [5.41, 5.74) is 0.580. The number of halogens is 1. The number of aryl methyl sites for hydroxylation is 1. The molecule has 1 N–H and O–H groups in total. The molecule has 0 bridgehead atoms. The van der Waals surface area contributed by atoms with Crippen LogP contribution in [0.2, 0.25) is 0 Å². The van der Waals surface area contributed by atoms with E-state index in [1.54, 1.807) is 19.9 Å². The molecule has 0 saturated heterocycles. The van der Waals surface area contributed by atoms with Gasteiger partial charge in [0.05, 0.1) is 13.0 Å². The van der Waals surface area contributed by atoms with Crippen molar-refractivity contribution in [2.45, 2.75) is 38.5 Å². The number of carboxylic acid groups (broad SMARTS) is 1. The molecule has 4 heteroatoms. The lowest BCUT2D eigenvalue weighted by Crippen LogP contribution is -2.26. The van der Waals surface area contributed by atoms with Gasteiger partial charge >= 0.3 is 5.97 Å². The van der Waals surface area contributed by atoms with Crippen LogP contribution in [-0.2, 0) is 16.6 Å². The van der Waals surface area contributed by atoms with Crippen LogP contribution >= 0.6 is 0 Å². The van der Waals surface area contributed by atoms with Crippen molar-refractivity contribution in [2.75, 3.05) is 6.61 Å². The Morgan fingerprint density at radius 2 is 2.22 bits per heavy atom. The summed E-state index contributed by atoms with van der Waals surface area (Å²) in [6, 6.07) is 3.14. The van der Waals surface area contributed by atoms with Crippen molar-refractivity contribution >= 4 is 5.97 Å². The molecule has 1 aliphatic heterocycles. The van der Waals surface area contributed by atoms with E-state index in [-0.39, 0.29) is 12.2 Å². The number of ether oxygens (including phenoxy) is 1. The Morgan fingerprint density at radius 1 is 1.50 bits per heavy atom. The van der Waals surface area contributed by atoms with E-state index in [1.165, 1.54) is 6.07 Å². The highest BCUT2D eigenvalue weighted by molar-refractivity contribution is 5.69. The summed E-state index contributed by atoms with van der Waals surface area (Å²) < 4.78 is 19.6. The van der Waals surface area contributed by atoms with Crippen LogP contribution in [0.1, 0.15) is 37.8 Å². The minimum absolute atomic E-state index is 0.121. The van der Waals surface area contributed by atoms with Crippen molar-refractivity contribution < 1.29 is 19.0 Å². The van der Waals surface area contributed by atoms with Crippen LogP contribution < -0.4 is 4.74 Å². The molecule has 1 aromatic rings. The van der Waals surface area contributed by atoms with Gasteiger partial charge in [-0.2, -0.15) is 0 Å². The second kappa shape index (κ2) is 4.59. The normalized spacial score (nSPS) is 14.8. The lowest BCUT2D eigenvalue weighted by atomic mass is 9.79. The van der Waals surface area contributed by atoms with Gasteiger partial charge < -0.3 is 9.84 Å². The second-order valence-electron chi connectivity index (χ2n) is 5.32. The Labute approximate surface area is 106 Å². The predicted molar refractivity (Wildman–Crippen MR) is 65.5 cm³/mol. The fraction of sp³-hybridized carbons (Fsp3) is 0.500. The zero-order valence-corrected chi connectivity index (χ0v) is 10.6. The first-order valence-electron chi connectivity index (χ1n) is 6.08. The molecule has 0 atom stereocenters. The maximum Gasteiger partial charge on any atom is 0.304 e. The maximum atomic E-state index is 14.1. The third-order valence-corrected chi connectivity index (χ3v) is 3.30. The molecule has 0 amide bonds. The minimum Gasteiger partial charge on any atom is -0.493 e. The van der Waals surface area contributed by atoms with E-state index < -0.39 is 11.4 Å². The zero-order valence-electron chi connectivity index (χ0n) is 10.6. The van der Waals surface area contributed by atoms with Crippen molar-refractivity contribution in [3.8, 4) is 5.75 Å². The Bertz CT molecular complexity index is 480. The van der Waals surface area contributed by atoms with Gasteiger partial charge in [-0.3, -0.25) is 4.79 Å². The highest BCUT2D eigenvalue weighted by Gasteiger charge is 2.32. The van der Waals surface area contributed by atoms with Gasteiger partial charge in [-0.05, 0) is 24.5 Å². The van der Waals surface area contributed by atoms with Gasteiger partial charge in [0.15, 0.2) is 0 Å². The monoisotopic (exact) mass is 252 g/mol. The highest BCUT2D eigenvalue weighted by Crippen LogP contribution is 2.40. The number of fused-ring (bicyclic) bond motifs is 1. The summed E-state index contributed by atoms with van der Waals surface area (Å²) in [6.07, 6.45) is 1.65. The summed E-state index contributed by atoms with van der Waals surface area (Å²) in [5, 5.41) is 8.94. The predicted octanol–water partition coefficient (Wildman–Crippen LogP) is 2.90. The van der Waals surface area contributed by atoms with E-state index >= 15 is 0 Å². The molecule has 1 heterocycles. The van der Waals surface area contributed by atoms with E-state index in [1.807, 2.05) is 0 Å². The van der Waals surface area contributed by atoms with Crippen molar-refractivity contribution in [1.29, 1.82) is 0 Å². The minimum atomic E-state index is -0.937. The maximum absolute atomic E-state index is 14.1. The molecular formula is C14H17FO3. The molecule has 0 fully saturated rings. The first kappa shape index (κ1) is 12.9. The Balaban J connectivity index is 2.51. The number of carbonyl (C=O) groups is 1. The average molecular weight is 252 g/mol.